The van der Waals surface area contributed by atoms with Crippen LogP contribution in [0.2, 0.25) is 0 Å². The van der Waals surface area contributed by atoms with Crippen molar-refractivity contribution in [3.05, 3.63) is 0 Å². The summed E-state index contributed by atoms with van der Waals surface area (Å²) in [4.78, 5) is 31.9. The van der Waals surface area contributed by atoms with Gasteiger partial charge in [0.25, 0.3) is 0 Å². The van der Waals surface area contributed by atoms with Crippen LogP contribution in [0.15, 0.2) is 0 Å². The van der Waals surface area contributed by atoms with Gasteiger partial charge in [-0.05, 0) is 65.7 Å². The molecular weight excluding hydrogens is 372 g/mol. The molecule has 1 aliphatic heterocycles. The van der Waals surface area contributed by atoms with Crippen LogP contribution in [-0.2, 0) is 19.1 Å². The number of rotatable bonds is 8. The predicted molar refractivity (Wildman–Crippen MR) is 111 cm³/mol. The predicted octanol–water partition coefficient (Wildman–Crippen LogP) is 4.35. The second-order valence-corrected chi connectivity index (χ2v) is 9.93. The Morgan fingerprint density at radius 2 is 1.93 bits per heavy atom. The van der Waals surface area contributed by atoms with Crippen molar-refractivity contribution in [1.82, 2.24) is 9.96 Å². The molecule has 0 aromatic carbocycles. The normalized spacial score (nSPS) is 22.9. The van der Waals surface area contributed by atoms with E-state index in [1.165, 1.54) is 31.4 Å². The van der Waals surface area contributed by atoms with Crippen LogP contribution in [0.3, 0.4) is 0 Å². The van der Waals surface area contributed by atoms with Crippen molar-refractivity contribution in [2.45, 2.75) is 96.9 Å². The summed E-state index contributed by atoms with van der Waals surface area (Å²) in [6.07, 6.45) is 6.63. The smallest absolute Gasteiger partial charge is 0.412 e. The third-order valence-corrected chi connectivity index (χ3v) is 6.10. The van der Waals surface area contributed by atoms with Gasteiger partial charge in [0.05, 0.1) is 19.8 Å². The molecule has 2 fully saturated rings. The molecule has 1 saturated carbocycles. The Labute approximate surface area is 176 Å². The summed E-state index contributed by atoms with van der Waals surface area (Å²) in [7, 11) is 3.12. The molecule has 0 spiro atoms. The summed E-state index contributed by atoms with van der Waals surface area (Å²) < 4.78 is 11.7. The fourth-order valence-corrected chi connectivity index (χ4v) is 4.24. The summed E-state index contributed by atoms with van der Waals surface area (Å²) in [5, 5.41) is 1.27. The molecule has 0 N–H and O–H groups in total. The van der Waals surface area contributed by atoms with Crippen molar-refractivity contribution in [2.75, 3.05) is 20.8 Å². The highest BCUT2D eigenvalue weighted by Crippen LogP contribution is 2.40. The first-order valence-corrected chi connectivity index (χ1v) is 10.9. The lowest BCUT2D eigenvalue weighted by Gasteiger charge is -2.39. The molecule has 2 rings (SSSR count). The number of hydrogen-bond acceptors (Lipinski definition) is 5. The van der Waals surface area contributed by atoms with E-state index in [4.69, 9.17) is 14.3 Å². The number of ether oxygens (including phenoxy) is 2. The van der Waals surface area contributed by atoms with Crippen LogP contribution >= 0.6 is 0 Å². The molecule has 2 atom stereocenters. The first-order valence-electron chi connectivity index (χ1n) is 10.9. The summed E-state index contributed by atoms with van der Waals surface area (Å²) in [5.41, 5.74) is -1.25. The lowest BCUT2D eigenvalue weighted by atomic mass is 9.75. The van der Waals surface area contributed by atoms with Crippen molar-refractivity contribution < 1.29 is 23.9 Å². The van der Waals surface area contributed by atoms with Gasteiger partial charge in [-0.15, -0.1) is 0 Å². The van der Waals surface area contributed by atoms with E-state index in [0.29, 0.717) is 18.9 Å². The van der Waals surface area contributed by atoms with E-state index in [-0.39, 0.29) is 24.0 Å². The van der Waals surface area contributed by atoms with E-state index in [9.17, 15) is 9.59 Å². The molecule has 0 bridgehead atoms. The van der Waals surface area contributed by atoms with Crippen molar-refractivity contribution in [3.8, 4) is 0 Å². The molecule has 1 heterocycles. The maximum absolute atomic E-state index is 13.0. The second-order valence-electron chi connectivity index (χ2n) is 9.93. The van der Waals surface area contributed by atoms with Gasteiger partial charge in [-0.1, -0.05) is 19.3 Å². The molecule has 29 heavy (non-hydrogen) atoms. The van der Waals surface area contributed by atoms with Crippen LogP contribution < -0.4 is 0 Å². The molecule has 1 saturated heterocycles. The van der Waals surface area contributed by atoms with Crippen molar-refractivity contribution in [1.29, 1.82) is 0 Å². The highest BCUT2D eigenvalue weighted by molar-refractivity contribution is 5.74. The monoisotopic (exact) mass is 412 g/mol. The van der Waals surface area contributed by atoms with E-state index in [0.717, 1.165) is 19.3 Å². The number of nitrogens with zero attached hydrogens (tertiary/aromatic N) is 2. The number of amides is 2. The summed E-state index contributed by atoms with van der Waals surface area (Å²) >= 11 is 0. The third kappa shape index (κ3) is 6.57. The summed E-state index contributed by atoms with van der Waals surface area (Å²) in [5.74, 6) is 0.971. The third-order valence-electron chi connectivity index (χ3n) is 6.10. The fourth-order valence-electron chi connectivity index (χ4n) is 4.24. The number of carbonyl (C=O) groups excluding carboxylic acids is 2. The molecule has 168 valence electrons. The summed E-state index contributed by atoms with van der Waals surface area (Å²) in [6, 6.07) is -0.0318. The van der Waals surface area contributed by atoms with E-state index in [1.54, 1.807) is 11.9 Å². The molecule has 2 aliphatic rings. The zero-order valence-corrected chi connectivity index (χ0v) is 19.3. The van der Waals surface area contributed by atoms with Gasteiger partial charge in [-0.2, -0.15) is 0 Å². The lowest BCUT2D eigenvalue weighted by Crippen LogP contribution is -2.52. The molecule has 2 amide bonds. The quantitative estimate of drug-likeness (QED) is 0.554. The lowest BCUT2D eigenvalue weighted by molar-refractivity contribution is -0.168. The minimum absolute atomic E-state index is 0.0260. The van der Waals surface area contributed by atoms with Gasteiger partial charge in [0.15, 0.2) is 0 Å². The Morgan fingerprint density at radius 1 is 1.28 bits per heavy atom. The van der Waals surface area contributed by atoms with Crippen LogP contribution in [0.5, 0.6) is 0 Å². The first-order chi connectivity index (χ1) is 13.4. The van der Waals surface area contributed by atoms with E-state index < -0.39 is 11.3 Å². The van der Waals surface area contributed by atoms with Crippen LogP contribution in [0.1, 0.15) is 79.6 Å². The SMILES string of the molecule is CON(C)C(=O)CCC[C@@H](CC1CCC1)[C@@H]1COC(C)(C)N1C(=O)OC(C)(C)C. The van der Waals surface area contributed by atoms with Gasteiger partial charge in [-0.3, -0.25) is 14.5 Å². The van der Waals surface area contributed by atoms with Crippen LogP contribution in [-0.4, -0.2) is 60.1 Å². The zero-order chi connectivity index (χ0) is 21.8. The van der Waals surface area contributed by atoms with Gasteiger partial charge in [0.2, 0.25) is 5.91 Å². The molecule has 0 unspecified atom stereocenters. The Bertz CT molecular complexity index is 568. The highest BCUT2D eigenvalue weighted by atomic mass is 16.7. The molecule has 0 aromatic heterocycles. The average molecular weight is 413 g/mol. The minimum atomic E-state index is -0.697. The molecule has 7 nitrogen and oxygen atoms in total. The second kappa shape index (κ2) is 9.65. The molecule has 7 heteroatoms. The zero-order valence-electron chi connectivity index (χ0n) is 19.3. The number of hydroxylamine groups is 2. The summed E-state index contributed by atoms with van der Waals surface area (Å²) in [6.45, 7) is 10.0. The largest absolute Gasteiger partial charge is 0.444 e. The molecule has 1 aliphatic carbocycles. The van der Waals surface area contributed by atoms with E-state index >= 15 is 0 Å². The van der Waals surface area contributed by atoms with Crippen molar-refractivity contribution in [3.63, 3.8) is 0 Å². The maximum Gasteiger partial charge on any atom is 0.412 e. The Hall–Kier alpha value is -1.34. The van der Waals surface area contributed by atoms with Crippen LogP contribution in [0, 0.1) is 11.8 Å². The van der Waals surface area contributed by atoms with Gasteiger partial charge in [-0.25, -0.2) is 9.86 Å². The average Bonchev–Trinajstić information content (AvgIpc) is 2.88. The molecule has 0 radical (unpaired) electrons. The standard InChI is InChI=1S/C22H40N2O5/c1-21(2,3)29-20(26)24-18(15-28-22(24,4)5)17(14-16-10-8-11-16)12-9-13-19(25)23(6)27-7/h16-18H,8-15H2,1-7H3/t17-,18-/m0/s1. The van der Waals surface area contributed by atoms with Gasteiger partial charge < -0.3 is 9.47 Å². The minimum Gasteiger partial charge on any atom is -0.444 e. The van der Waals surface area contributed by atoms with Gasteiger partial charge in [0, 0.05) is 13.5 Å². The maximum atomic E-state index is 13.0. The highest BCUT2D eigenvalue weighted by Gasteiger charge is 2.48. The van der Waals surface area contributed by atoms with Crippen LogP contribution in [0.25, 0.3) is 0 Å². The number of hydrogen-bond donors (Lipinski definition) is 0. The van der Waals surface area contributed by atoms with E-state index in [2.05, 4.69) is 0 Å². The van der Waals surface area contributed by atoms with E-state index in [1.807, 2.05) is 34.6 Å². The Kier molecular flexibility index (Phi) is 7.96. The van der Waals surface area contributed by atoms with Crippen molar-refractivity contribution in [2.24, 2.45) is 11.8 Å². The van der Waals surface area contributed by atoms with Gasteiger partial charge in [0.1, 0.15) is 11.3 Å². The topological polar surface area (TPSA) is 68.3 Å². The number of carbonyl (C=O) groups is 2. The Balaban J connectivity index is 2.10. The van der Waals surface area contributed by atoms with Gasteiger partial charge >= 0.3 is 6.09 Å². The fraction of sp³-hybridized carbons (Fsp3) is 0.909. The van der Waals surface area contributed by atoms with Crippen LogP contribution in [0.4, 0.5) is 4.79 Å². The van der Waals surface area contributed by atoms with Crippen molar-refractivity contribution >= 4 is 12.0 Å². The molecule has 0 aromatic rings. The first kappa shape index (κ1) is 23.9. The Morgan fingerprint density at radius 3 is 2.45 bits per heavy atom. The molecular formula is C22H40N2O5.